The largest absolute Gasteiger partial charge is 0.319 e. The average Bonchev–Trinajstić information content (AvgIpc) is 2.99. The number of benzene rings is 1. The van der Waals surface area contributed by atoms with Gasteiger partial charge in [0.05, 0.1) is 12.7 Å². The van der Waals surface area contributed by atoms with Crippen LogP contribution >= 0.6 is 0 Å². The van der Waals surface area contributed by atoms with E-state index in [4.69, 9.17) is 0 Å². The second-order valence-electron chi connectivity index (χ2n) is 5.86. The number of alkyl halides is 2. The standard InChI is InChI=1S/C17H16F2N4/c18-17(19)23-7-6-20-16(23)11-22-10-13(9-21-22)15-8-14(15)12-4-2-1-3-5-12/h1-7,9-10,14-15,17H,8,11H2/t14-,15-/m0/s1. The van der Waals surface area contributed by atoms with E-state index in [1.165, 1.54) is 18.0 Å². The zero-order chi connectivity index (χ0) is 15.8. The van der Waals surface area contributed by atoms with Gasteiger partial charge in [-0.1, -0.05) is 30.3 Å². The molecule has 1 aliphatic carbocycles. The molecule has 1 aliphatic rings. The number of rotatable bonds is 5. The van der Waals surface area contributed by atoms with Crippen molar-refractivity contribution in [1.29, 1.82) is 0 Å². The molecule has 3 aromatic rings. The molecule has 1 saturated carbocycles. The van der Waals surface area contributed by atoms with E-state index < -0.39 is 6.55 Å². The first-order valence-corrected chi connectivity index (χ1v) is 7.59. The zero-order valence-corrected chi connectivity index (χ0v) is 12.4. The van der Waals surface area contributed by atoms with Crippen LogP contribution in [0.1, 0.15) is 41.8 Å². The Morgan fingerprint density at radius 2 is 1.91 bits per heavy atom. The molecule has 0 spiro atoms. The number of nitrogens with zero attached hydrogens (tertiary/aromatic N) is 4. The lowest BCUT2D eigenvalue weighted by Gasteiger charge is -2.06. The molecule has 0 N–H and O–H groups in total. The molecular formula is C17H16F2N4. The molecule has 0 aliphatic heterocycles. The van der Waals surface area contributed by atoms with E-state index in [9.17, 15) is 8.78 Å². The van der Waals surface area contributed by atoms with Gasteiger partial charge in [-0.3, -0.25) is 9.25 Å². The fourth-order valence-corrected chi connectivity index (χ4v) is 3.08. The maximum atomic E-state index is 12.8. The molecule has 2 aromatic heterocycles. The van der Waals surface area contributed by atoms with Crippen LogP contribution in [0.2, 0.25) is 0 Å². The van der Waals surface area contributed by atoms with Crippen LogP contribution in [0.4, 0.5) is 8.78 Å². The smallest absolute Gasteiger partial charge is 0.276 e. The molecule has 0 bridgehead atoms. The Balaban J connectivity index is 1.47. The van der Waals surface area contributed by atoms with E-state index in [0.717, 1.165) is 16.6 Å². The van der Waals surface area contributed by atoms with Crippen LogP contribution in [-0.4, -0.2) is 19.3 Å². The second kappa shape index (κ2) is 5.61. The summed E-state index contributed by atoms with van der Waals surface area (Å²) in [4.78, 5) is 3.99. The van der Waals surface area contributed by atoms with E-state index in [2.05, 4.69) is 34.3 Å². The van der Waals surface area contributed by atoms with Gasteiger partial charge in [0.2, 0.25) is 0 Å². The summed E-state index contributed by atoms with van der Waals surface area (Å²) in [6, 6.07) is 10.4. The fourth-order valence-electron chi connectivity index (χ4n) is 3.08. The summed E-state index contributed by atoms with van der Waals surface area (Å²) >= 11 is 0. The number of hydrogen-bond donors (Lipinski definition) is 0. The zero-order valence-electron chi connectivity index (χ0n) is 12.4. The van der Waals surface area contributed by atoms with Gasteiger partial charge in [-0.25, -0.2) is 4.98 Å². The first-order valence-electron chi connectivity index (χ1n) is 7.59. The van der Waals surface area contributed by atoms with Crippen molar-refractivity contribution < 1.29 is 8.78 Å². The lowest BCUT2D eigenvalue weighted by molar-refractivity contribution is 0.0665. The van der Waals surface area contributed by atoms with Crippen molar-refractivity contribution in [2.75, 3.05) is 0 Å². The van der Waals surface area contributed by atoms with Gasteiger partial charge in [0.1, 0.15) is 5.82 Å². The molecule has 2 atom stereocenters. The Labute approximate surface area is 132 Å². The third-order valence-corrected chi connectivity index (χ3v) is 4.36. The van der Waals surface area contributed by atoms with Gasteiger partial charge in [0.15, 0.2) is 0 Å². The van der Waals surface area contributed by atoms with Gasteiger partial charge < -0.3 is 0 Å². The summed E-state index contributed by atoms with van der Waals surface area (Å²) in [5, 5.41) is 4.30. The Morgan fingerprint density at radius 3 is 2.70 bits per heavy atom. The number of imidazole rings is 1. The molecule has 0 saturated heterocycles. The fraction of sp³-hybridized carbons (Fsp3) is 0.294. The van der Waals surface area contributed by atoms with Crippen molar-refractivity contribution in [1.82, 2.24) is 19.3 Å². The minimum Gasteiger partial charge on any atom is -0.276 e. The summed E-state index contributed by atoms with van der Waals surface area (Å²) in [6.07, 6.45) is 7.57. The summed E-state index contributed by atoms with van der Waals surface area (Å²) in [5.74, 6) is 1.32. The van der Waals surface area contributed by atoms with Crippen molar-refractivity contribution in [2.24, 2.45) is 0 Å². The quantitative estimate of drug-likeness (QED) is 0.718. The summed E-state index contributed by atoms with van der Waals surface area (Å²) < 4.78 is 28.2. The highest BCUT2D eigenvalue weighted by atomic mass is 19.3. The van der Waals surface area contributed by atoms with Crippen LogP contribution in [0.15, 0.2) is 55.1 Å². The third-order valence-electron chi connectivity index (χ3n) is 4.36. The van der Waals surface area contributed by atoms with Gasteiger partial charge in [-0.05, 0) is 29.4 Å². The van der Waals surface area contributed by atoms with E-state index in [0.29, 0.717) is 17.7 Å². The van der Waals surface area contributed by atoms with Crippen molar-refractivity contribution >= 4 is 0 Å². The van der Waals surface area contributed by atoms with Crippen molar-refractivity contribution in [3.63, 3.8) is 0 Å². The van der Waals surface area contributed by atoms with Gasteiger partial charge in [-0.15, -0.1) is 0 Å². The maximum Gasteiger partial charge on any atom is 0.319 e. The Kier molecular flexibility index (Phi) is 3.44. The second-order valence-corrected chi connectivity index (χ2v) is 5.86. The summed E-state index contributed by atoms with van der Waals surface area (Å²) in [7, 11) is 0. The Morgan fingerprint density at radius 1 is 1.13 bits per heavy atom. The predicted molar refractivity (Wildman–Crippen MR) is 81.4 cm³/mol. The van der Waals surface area contributed by atoms with Crippen LogP contribution in [-0.2, 0) is 6.54 Å². The van der Waals surface area contributed by atoms with E-state index >= 15 is 0 Å². The van der Waals surface area contributed by atoms with Crippen molar-refractivity contribution in [3.8, 4) is 0 Å². The van der Waals surface area contributed by atoms with Crippen LogP contribution in [0.25, 0.3) is 0 Å². The molecular weight excluding hydrogens is 298 g/mol. The van der Waals surface area contributed by atoms with E-state index in [-0.39, 0.29) is 6.54 Å². The highest BCUT2D eigenvalue weighted by Gasteiger charge is 2.40. The topological polar surface area (TPSA) is 35.6 Å². The predicted octanol–water partition coefficient (Wildman–Crippen LogP) is 3.79. The van der Waals surface area contributed by atoms with Crippen LogP contribution in [0, 0.1) is 0 Å². The molecule has 0 radical (unpaired) electrons. The van der Waals surface area contributed by atoms with Crippen molar-refractivity contribution in [3.05, 3.63) is 72.1 Å². The molecule has 4 nitrogen and oxygen atoms in total. The number of hydrogen-bond acceptors (Lipinski definition) is 2. The number of halogens is 2. The molecule has 23 heavy (non-hydrogen) atoms. The molecule has 6 heteroatoms. The lowest BCUT2D eigenvalue weighted by Crippen LogP contribution is -2.09. The molecule has 0 amide bonds. The molecule has 4 rings (SSSR count). The highest BCUT2D eigenvalue weighted by molar-refractivity contribution is 5.34. The van der Waals surface area contributed by atoms with Crippen LogP contribution < -0.4 is 0 Å². The first kappa shape index (κ1) is 14.1. The highest BCUT2D eigenvalue weighted by Crippen LogP contribution is 2.54. The van der Waals surface area contributed by atoms with Gasteiger partial charge >= 0.3 is 6.55 Å². The lowest BCUT2D eigenvalue weighted by atomic mass is 10.1. The molecule has 118 valence electrons. The molecule has 2 heterocycles. The normalized spacial score (nSPS) is 20.1. The SMILES string of the molecule is FC(F)n1ccnc1Cn1cc([C@@H]2C[C@H]2c2ccccc2)cn1. The van der Waals surface area contributed by atoms with E-state index in [1.54, 1.807) is 4.68 Å². The van der Waals surface area contributed by atoms with Gasteiger partial charge in [-0.2, -0.15) is 13.9 Å². The molecule has 0 unspecified atom stereocenters. The molecule has 1 fully saturated rings. The third kappa shape index (κ3) is 2.76. The summed E-state index contributed by atoms with van der Waals surface area (Å²) in [5.41, 5.74) is 2.51. The Hall–Kier alpha value is -2.50. The Bertz CT molecular complexity index is 794. The first-order chi connectivity index (χ1) is 11.2. The average molecular weight is 314 g/mol. The monoisotopic (exact) mass is 314 g/mol. The van der Waals surface area contributed by atoms with Gasteiger partial charge in [0, 0.05) is 18.6 Å². The van der Waals surface area contributed by atoms with Crippen LogP contribution in [0.5, 0.6) is 0 Å². The van der Waals surface area contributed by atoms with Gasteiger partial charge in [0.25, 0.3) is 0 Å². The maximum absolute atomic E-state index is 12.8. The minimum absolute atomic E-state index is 0.250. The number of aromatic nitrogens is 4. The van der Waals surface area contributed by atoms with E-state index in [1.807, 2.05) is 18.5 Å². The van der Waals surface area contributed by atoms with Crippen LogP contribution in [0.3, 0.4) is 0 Å². The minimum atomic E-state index is -2.58. The molecule has 1 aromatic carbocycles. The summed E-state index contributed by atoms with van der Waals surface area (Å²) in [6.45, 7) is -2.33. The van der Waals surface area contributed by atoms with Crippen molar-refractivity contribution in [2.45, 2.75) is 31.4 Å².